The molecule has 4 rings (SSSR count). The quantitative estimate of drug-likeness (QED) is 0.426. The van der Waals surface area contributed by atoms with Gasteiger partial charge in [0, 0.05) is 49.8 Å². The molecule has 9 heteroatoms. The van der Waals surface area contributed by atoms with E-state index < -0.39 is 18.2 Å². The molecule has 2 fully saturated rings. The van der Waals surface area contributed by atoms with E-state index >= 15 is 0 Å². The highest BCUT2D eigenvalue weighted by atomic mass is 35.5. The van der Waals surface area contributed by atoms with Gasteiger partial charge in [0.15, 0.2) is 0 Å². The second-order valence-corrected chi connectivity index (χ2v) is 10.5. The summed E-state index contributed by atoms with van der Waals surface area (Å²) in [6, 6.07) is 10.6. The number of pyridine rings is 2. The van der Waals surface area contributed by atoms with Gasteiger partial charge in [-0.3, -0.25) is 4.98 Å². The van der Waals surface area contributed by atoms with E-state index in [1.54, 1.807) is 6.20 Å². The zero-order valence-electron chi connectivity index (χ0n) is 20.6. The number of ether oxygens (including phenoxy) is 1. The van der Waals surface area contributed by atoms with E-state index in [2.05, 4.69) is 21.7 Å². The van der Waals surface area contributed by atoms with Crippen LogP contribution in [0.1, 0.15) is 44.2 Å². The second-order valence-electron chi connectivity index (χ2n) is 10.1. The number of hydrogen-bond donors (Lipinski definition) is 3. The fraction of sp³-hybridized carbons (Fsp3) is 0.593. The van der Waals surface area contributed by atoms with E-state index in [1.807, 2.05) is 24.3 Å². The van der Waals surface area contributed by atoms with Crippen molar-refractivity contribution in [2.24, 2.45) is 11.3 Å². The first kappa shape index (κ1) is 26.7. The lowest BCUT2D eigenvalue weighted by Gasteiger charge is -2.30. The topological polar surface area (TPSA) is 103 Å². The molecular formula is C27H35ClFN5O2. The maximum atomic E-state index is 12.5. The van der Waals surface area contributed by atoms with Crippen LogP contribution in [0, 0.1) is 22.7 Å². The molecule has 3 N–H and O–H groups in total. The summed E-state index contributed by atoms with van der Waals surface area (Å²) >= 11 is 6.53. The van der Waals surface area contributed by atoms with Crippen molar-refractivity contribution in [3.8, 4) is 17.3 Å². The second kappa shape index (κ2) is 12.8. The number of aromatic nitrogens is 2. The van der Waals surface area contributed by atoms with Crippen LogP contribution in [0.15, 0.2) is 30.5 Å². The van der Waals surface area contributed by atoms with Gasteiger partial charge in [0.1, 0.15) is 12.5 Å². The van der Waals surface area contributed by atoms with Crippen LogP contribution in [0.2, 0.25) is 5.02 Å². The Labute approximate surface area is 217 Å². The number of aliphatic hydroxyl groups is 1. The van der Waals surface area contributed by atoms with Crippen LogP contribution in [0.25, 0.3) is 11.3 Å². The van der Waals surface area contributed by atoms with E-state index in [0.717, 1.165) is 49.1 Å². The summed E-state index contributed by atoms with van der Waals surface area (Å²) in [4.78, 5) is 9.35. The zero-order valence-corrected chi connectivity index (χ0v) is 21.3. The first-order valence-electron chi connectivity index (χ1n) is 12.8. The summed E-state index contributed by atoms with van der Waals surface area (Å²) in [7, 11) is 0. The van der Waals surface area contributed by atoms with Crippen LogP contribution in [0.3, 0.4) is 0 Å². The van der Waals surface area contributed by atoms with Crippen molar-refractivity contribution in [2.75, 3.05) is 38.3 Å². The number of rotatable bonds is 10. The molecule has 1 aliphatic heterocycles. The van der Waals surface area contributed by atoms with Crippen LogP contribution in [0.5, 0.6) is 0 Å². The van der Waals surface area contributed by atoms with Gasteiger partial charge in [0.2, 0.25) is 0 Å². The minimum atomic E-state index is -0.920. The Bertz CT molecular complexity index is 1040. The molecule has 2 aromatic rings. The number of nitrogens with one attached hydrogen (secondary N) is 2. The molecule has 36 heavy (non-hydrogen) atoms. The van der Waals surface area contributed by atoms with Crippen molar-refractivity contribution in [2.45, 2.75) is 57.1 Å². The molecule has 0 spiro atoms. The number of hydrogen-bond acceptors (Lipinski definition) is 7. The van der Waals surface area contributed by atoms with E-state index in [9.17, 15) is 14.8 Å². The monoisotopic (exact) mass is 515 g/mol. The molecule has 0 amide bonds. The van der Waals surface area contributed by atoms with Gasteiger partial charge in [-0.2, -0.15) is 5.26 Å². The predicted octanol–water partition coefficient (Wildman–Crippen LogP) is 4.55. The van der Waals surface area contributed by atoms with Gasteiger partial charge in [0.05, 0.1) is 28.3 Å². The summed E-state index contributed by atoms with van der Waals surface area (Å²) in [6.45, 7) is 1.34. The van der Waals surface area contributed by atoms with Gasteiger partial charge >= 0.3 is 0 Å². The van der Waals surface area contributed by atoms with Crippen LogP contribution < -0.4 is 10.6 Å². The highest BCUT2D eigenvalue weighted by molar-refractivity contribution is 6.33. The molecule has 1 atom stereocenters. The Morgan fingerprint density at radius 1 is 1.25 bits per heavy atom. The molecule has 0 aromatic carbocycles. The van der Waals surface area contributed by atoms with E-state index in [0.29, 0.717) is 61.9 Å². The zero-order chi connectivity index (χ0) is 25.4. The number of halogens is 2. The maximum absolute atomic E-state index is 12.5. The van der Waals surface area contributed by atoms with Crippen LogP contribution in [0.4, 0.5) is 10.2 Å². The largest absolute Gasteiger partial charge is 0.389 e. The van der Waals surface area contributed by atoms with Crippen molar-refractivity contribution >= 4 is 17.4 Å². The fourth-order valence-corrected chi connectivity index (χ4v) is 5.25. The van der Waals surface area contributed by atoms with Crippen LogP contribution in [-0.2, 0) is 11.2 Å². The first-order valence-corrected chi connectivity index (χ1v) is 13.2. The minimum Gasteiger partial charge on any atom is -0.389 e. The summed E-state index contributed by atoms with van der Waals surface area (Å²) in [5, 5.41) is 26.3. The molecule has 2 aliphatic rings. The fourth-order valence-electron chi connectivity index (χ4n) is 5.05. The lowest BCUT2D eigenvalue weighted by Crippen LogP contribution is -2.38. The molecule has 3 heterocycles. The number of aliphatic hydroxyl groups excluding tert-OH is 1. The lowest BCUT2D eigenvalue weighted by molar-refractivity contribution is 0.0455. The smallest absolute Gasteiger partial charge is 0.126 e. The van der Waals surface area contributed by atoms with E-state index in [-0.39, 0.29) is 0 Å². The Kier molecular flexibility index (Phi) is 9.49. The van der Waals surface area contributed by atoms with Crippen molar-refractivity contribution in [1.82, 2.24) is 15.3 Å². The molecule has 7 nitrogen and oxygen atoms in total. The maximum Gasteiger partial charge on any atom is 0.126 e. The highest BCUT2D eigenvalue weighted by Crippen LogP contribution is 2.32. The Balaban J connectivity index is 1.36. The predicted molar refractivity (Wildman–Crippen MR) is 139 cm³/mol. The van der Waals surface area contributed by atoms with Gasteiger partial charge < -0.3 is 20.5 Å². The third-order valence-electron chi connectivity index (χ3n) is 7.40. The molecule has 194 valence electrons. The molecular weight excluding hydrogens is 481 g/mol. The third-order valence-corrected chi connectivity index (χ3v) is 7.70. The van der Waals surface area contributed by atoms with Gasteiger partial charge in [-0.1, -0.05) is 17.7 Å². The van der Waals surface area contributed by atoms with Crippen molar-refractivity contribution in [3.05, 3.63) is 41.2 Å². The number of nitrogens with zero attached hydrogens (tertiary/aromatic N) is 3. The lowest BCUT2D eigenvalue weighted by atomic mass is 9.82. The summed E-state index contributed by atoms with van der Waals surface area (Å²) in [6.07, 6.45) is 7.22. The molecule has 1 saturated carbocycles. The highest BCUT2D eigenvalue weighted by Gasteiger charge is 2.32. The Morgan fingerprint density at radius 2 is 2.03 bits per heavy atom. The molecule has 0 bridgehead atoms. The molecule has 2 aromatic heterocycles. The molecule has 0 radical (unpaired) electrons. The summed E-state index contributed by atoms with van der Waals surface area (Å²) in [5.41, 5.74) is 2.18. The van der Waals surface area contributed by atoms with Gasteiger partial charge in [0.25, 0.3) is 0 Å². The summed E-state index contributed by atoms with van der Waals surface area (Å²) in [5.74, 6) is 1.24. The molecule has 1 aliphatic carbocycles. The molecule has 1 saturated heterocycles. The summed E-state index contributed by atoms with van der Waals surface area (Å²) < 4.78 is 17.9. The number of nitriles is 1. The Hall–Kier alpha value is -2.31. The average molecular weight is 516 g/mol. The average Bonchev–Trinajstić information content (AvgIpc) is 2.93. The minimum absolute atomic E-state index is 0.306. The SMILES string of the molecule is N#CC1(CNc2cccc(-c3cc(CC4CCC(NC[C@H](O)CF)CC4)ncc3Cl)n2)CCOCC1. The van der Waals surface area contributed by atoms with Crippen molar-refractivity contribution < 1.29 is 14.2 Å². The third kappa shape index (κ3) is 7.13. The van der Waals surface area contributed by atoms with Gasteiger partial charge in [-0.05, 0) is 69.1 Å². The normalized spacial score (nSPS) is 22.5. The van der Waals surface area contributed by atoms with Gasteiger partial charge in [-0.25, -0.2) is 9.37 Å². The van der Waals surface area contributed by atoms with Gasteiger partial charge in [-0.15, -0.1) is 0 Å². The standard InChI is InChI=1S/C27H35ClFN5O2/c28-24-16-32-21(12-19-4-6-20(7-5-19)31-15-22(35)14-29)13-23(24)25-2-1-3-26(34-25)33-18-27(17-30)8-10-36-11-9-27/h1-3,13,16,19-20,22,31,35H,4-12,14-15,18H2,(H,33,34)/t19?,20?,22-/m1/s1. The first-order chi connectivity index (χ1) is 17.5. The van der Waals surface area contributed by atoms with Crippen molar-refractivity contribution in [3.63, 3.8) is 0 Å². The Morgan fingerprint density at radius 3 is 2.75 bits per heavy atom. The van der Waals surface area contributed by atoms with Crippen LogP contribution in [-0.4, -0.2) is 60.2 Å². The van der Waals surface area contributed by atoms with Crippen LogP contribution >= 0.6 is 11.6 Å². The molecule has 0 unspecified atom stereocenters. The van der Waals surface area contributed by atoms with E-state index in [1.165, 1.54) is 0 Å². The van der Waals surface area contributed by atoms with Crippen molar-refractivity contribution in [1.29, 1.82) is 5.26 Å². The number of alkyl halides is 1. The number of anilines is 1. The van der Waals surface area contributed by atoms with E-state index in [4.69, 9.17) is 21.3 Å².